The molecule has 0 radical (unpaired) electrons. The molecule has 4 atom stereocenters. The second-order valence-electron chi connectivity index (χ2n) is 11.0. The van der Waals surface area contributed by atoms with Gasteiger partial charge in [-0.2, -0.15) is 0 Å². The number of hydrogen-bond acceptors (Lipinski definition) is 9. The van der Waals surface area contributed by atoms with E-state index in [2.05, 4.69) is 76.3 Å². The zero-order chi connectivity index (χ0) is 30.3. The number of methoxy groups -OCH3 is 1. The fraction of sp³-hybridized carbons (Fsp3) is 0.324. The summed E-state index contributed by atoms with van der Waals surface area (Å²) in [5.41, 5.74) is 4.66. The molecule has 4 N–H and O–H groups in total. The van der Waals surface area contributed by atoms with Crippen LogP contribution in [0.3, 0.4) is 0 Å². The highest BCUT2D eigenvalue weighted by molar-refractivity contribution is 5.83. The van der Waals surface area contributed by atoms with Gasteiger partial charge in [-0.3, -0.25) is 4.57 Å². The minimum atomic E-state index is -1.17. The predicted molar refractivity (Wildman–Crippen MR) is 168 cm³/mol. The summed E-state index contributed by atoms with van der Waals surface area (Å²) >= 11 is 0. The van der Waals surface area contributed by atoms with Gasteiger partial charge in [0.05, 0.1) is 12.9 Å². The van der Waals surface area contributed by atoms with Gasteiger partial charge in [0.1, 0.15) is 24.1 Å². The number of aliphatic hydroxyl groups excluding tert-OH is 2. The molecule has 0 saturated carbocycles. The fourth-order valence-corrected chi connectivity index (χ4v) is 5.67. The second-order valence-corrected chi connectivity index (χ2v) is 11.0. The molecule has 228 valence electrons. The number of benzene rings is 3. The summed E-state index contributed by atoms with van der Waals surface area (Å²) in [5.74, 6) is 1.30. The van der Waals surface area contributed by atoms with Gasteiger partial charge in [-0.1, -0.05) is 91.0 Å². The van der Waals surface area contributed by atoms with Crippen molar-refractivity contribution < 1.29 is 19.7 Å². The highest BCUT2D eigenvalue weighted by Crippen LogP contribution is 2.33. The molecule has 10 nitrogen and oxygen atoms in total. The van der Waals surface area contributed by atoms with Crippen LogP contribution in [-0.2, 0) is 22.4 Å². The van der Waals surface area contributed by atoms with Crippen molar-refractivity contribution in [1.82, 2.24) is 24.8 Å². The number of nitrogens with one attached hydrogen (secondary N) is 2. The molecule has 5 aromatic rings. The Balaban J connectivity index is 1.29. The Kier molecular flexibility index (Phi) is 9.55. The normalized spacial score (nSPS) is 20.0. The third kappa shape index (κ3) is 6.64. The maximum absolute atomic E-state index is 10.9. The lowest BCUT2D eigenvalue weighted by molar-refractivity contribution is -0.0580. The molecule has 3 heterocycles. The van der Waals surface area contributed by atoms with Gasteiger partial charge in [0.2, 0.25) is 0 Å². The molecule has 10 heteroatoms. The number of aromatic nitrogens is 4. The van der Waals surface area contributed by atoms with Crippen LogP contribution in [0.1, 0.15) is 34.7 Å². The van der Waals surface area contributed by atoms with Crippen LogP contribution in [0.4, 0.5) is 5.82 Å². The lowest BCUT2D eigenvalue weighted by Crippen LogP contribution is -2.33. The maximum Gasteiger partial charge on any atom is 0.167 e. The largest absolute Gasteiger partial charge is 0.387 e. The number of anilines is 1. The summed E-state index contributed by atoms with van der Waals surface area (Å²) in [6.07, 6.45) is -1.65. The summed E-state index contributed by atoms with van der Waals surface area (Å²) in [4.78, 5) is 14.4. The highest BCUT2D eigenvalue weighted by Gasteiger charge is 2.44. The quantitative estimate of drug-likeness (QED) is 0.151. The lowest BCUT2D eigenvalue weighted by Gasteiger charge is -2.20. The van der Waals surface area contributed by atoms with Crippen molar-refractivity contribution in [1.29, 1.82) is 0 Å². The molecule has 0 aliphatic carbocycles. The molecule has 1 fully saturated rings. The summed E-state index contributed by atoms with van der Waals surface area (Å²) < 4.78 is 12.9. The van der Waals surface area contributed by atoms with Crippen LogP contribution in [0, 0.1) is 0 Å². The zero-order valence-corrected chi connectivity index (χ0v) is 24.7. The van der Waals surface area contributed by atoms with Gasteiger partial charge in [0.25, 0.3) is 0 Å². The van der Waals surface area contributed by atoms with E-state index in [1.165, 1.54) is 23.8 Å². The number of hydrogen-bond donors (Lipinski definition) is 4. The molecule has 0 unspecified atom stereocenters. The summed E-state index contributed by atoms with van der Waals surface area (Å²) in [7, 11) is 1.53. The molecule has 0 bridgehead atoms. The minimum Gasteiger partial charge on any atom is -0.387 e. The number of nitrogens with zero attached hydrogens (tertiary/aromatic N) is 4. The Hall–Kier alpha value is -4.19. The van der Waals surface area contributed by atoms with Crippen molar-refractivity contribution in [3.63, 3.8) is 0 Å². The molecule has 3 aromatic carbocycles. The Morgan fingerprint density at radius 1 is 0.886 bits per heavy atom. The smallest absolute Gasteiger partial charge is 0.167 e. The van der Waals surface area contributed by atoms with E-state index in [1.807, 2.05) is 30.3 Å². The van der Waals surface area contributed by atoms with Crippen molar-refractivity contribution in [3.05, 3.63) is 120 Å². The number of fused-ring (bicyclic) bond motifs is 1. The van der Waals surface area contributed by atoms with Crippen LogP contribution in [-0.4, -0.2) is 74.9 Å². The summed E-state index contributed by atoms with van der Waals surface area (Å²) in [6.45, 7) is 2.14. The van der Waals surface area contributed by atoms with Crippen molar-refractivity contribution in [2.75, 3.05) is 32.1 Å². The minimum absolute atomic E-state index is 0.0745. The van der Waals surface area contributed by atoms with Crippen molar-refractivity contribution in [2.45, 2.75) is 43.4 Å². The summed E-state index contributed by atoms with van der Waals surface area (Å²) in [5, 5.41) is 28.5. The SMILES string of the molecule is COC[C@H]1O[C@@H](n2cnc3c(NCC(c4ccccc4)c4ccccc4)nc(CCNCc4ccccc4)nc32)[C@H](O)[C@@H]1O. The van der Waals surface area contributed by atoms with Crippen LogP contribution in [0.5, 0.6) is 0 Å². The van der Waals surface area contributed by atoms with Crippen LogP contribution in [0.15, 0.2) is 97.3 Å². The van der Waals surface area contributed by atoms with Gasteiger partial charge in [-0.25, -0.2) is 15.0 Å². The maximum atomic E-state index is 10.9. The van der Waals surface area contributed by atoms with Gasteiger partial charge in [0.15, 0.2) is 23.2 Å². The van der Waals surface area contributed by atoms with Crippen molar-refractivity contribution >= 4 is 17.0 Å². The van der Waals surface area contributed by atoms with E-state index in [0.717, 1.165) is 6.54 Å². The molecule has 1 saturated heterocycles. The van der Waals surface area contributed by atoms with Gasteiger partial charge in [-0.05, 0) is 16.7 Å². The van der Waals surface area contributed by atoms with Crippen LogP contribution >= 0.6 is 0 Å². The Labute approximate surface area is 256 Å². The van der Waals surface area contributed by atoms with Crippen molar-refractivity contribution in [2.24, 2.45) is 0 Å². The topological polar surface area (TPSA) is 127 Å². The first-order valence-electron chi connectivity index (χ1n) is 14.9. The Morgan fingerprint density at radius 2 is 1.55 bits per heavy atom. The van der Waals surface area contributed by atoms with Gasteiger partial charge in [0, 0.05) is 39.1 Å². The first-order chi connectivity index (χ1) is 21.6. The third-order valence-corrected chi connectivity index (χ3v) is 7.98. The number of rotatable bonds is 13. The average Bonchev–Trinajstić information content (AvgIpc) is 3.61. The van der Waals surface area contributed by atoms with Crippen molar-refractivity contribution in [3.8, 4) is 0 Å². The predicted octanol–water partition coefficient (Wildman–Crippen LogP) is 3.67. The van der Waals surface area contributed by atoms with Gasteiger partial charge in [-0.15, -0.1) is 0 Å². The van der Waals surface area contributed by atoms with Gasteiger partial charge < -0.3 is 30.3 Å². The highest BCUT2D eigenvalue weighted by atomic mass is 16.6. The molecule has 6 rings (SSSR count). The standard InChI is InChI=1S/C34H38N6O4/c1-43-21-27-30(41)31(42)34(44-27)40-22-37-29-32(36-20-26(24-13-7-3-8-14-24)25-15-9-4-10-16-25)38-28(39-33(29)40)17-18-35-19-23-11-5-2-6-12-23/h2-16,22,26-27,30-31,34-35,41-42H,17-21H2,1H3,(H,36,38,39)/t27-,30-,31-,34-/m1/s1. The molecule has 0 spiro atoms. The molecular weight excluding hydrogens is 556 g/mol. The monoisotopic (exact) mass is 594 g/mol. The zero-order valence-electron chi connectivity index (χ0n) is 24.7. The molecule has 0 amide bonds. The Morgan fingerprint density at radius 3 is 2.20 bits per heavy atom. The lowest BCUT2D eigenvalue weighted by atomic mass is 9.91. The number of aliphatic hydroxyl groups is 2. The first-order valence-corrected chi connectivity index (χ1v) is 14.9. The molecule has 1 aliphatic heterocycles. The number of imidazole rings is 1. The number of ether oxygens (including phenoxy) is 2. The van der Waals surface area contributed by atoms with Crippen LogP contribution < -0.4 is 10.6 Å². The average molecular weight is 595 g/mol. The molecular formula is C34H38N6O4. The van der Waals surface area contributed by atoms with E-state index >= 15 is 0 Å². The fourth-order valence-electron chi connectivity index (χ4n) is 5.67. The first kappa shape index (κ1) is 29.9. The molecule has 2 aromatic heterocycles. The molecule has 1 aliphatic rings. The third-order valence-electron chi connectivity index (χ3n) is 7.98. The Bertz CT molecular complexity index is 1580. The van der Waals surface area contributed by atoms with E-state index in [-0.39, 0.29) is 12.5 Å². The second kappa shape index (κ2) is 14.1. The van der Waals surface area contributed by atoms with E-state index in [4.69, 9.17) is 19.4 Å². The van der Waals surface area contributed by atoms with Crippen LogP contribution in [0.25, 0.3) is 11.2 Å². The van der Waals surface area contributed by atoms with E-state index in [1.54, 1.807) is 10.9 Å². The molecule has 44 heavy (non-hydrogen) atoms. The van der Waals surface area contributed by atoms with Gasteiger partial charge >= 0.3 is 0 Å². The summed E-state index contributed by atoms with van der Waals surface area (Å²) in [6, 6.07) is 31.0. The van der Waals surface area contributed by atoms with E-state index in [9.17, 15) is 10.2 Å². The van der Waals surface area contributed by atoms with E-state index < -0.39 is 24.5 Å². The van der Waals surface area contributed by atoms with E-state index in [0.29, 0.717) is 42.3 Å². The van der Waals surface area contributed by atoms with Crippen LogP contribution in [0.2, 0.25) is 0 Å².